The maximum absolute atomic E-state index is 3.71. The minimum Gasteiger partial charge on any atom is -0.356 e. The highest BCUT2D eigenvalue weighted by molar-refractivity contribution is 5.96. The van der Waals surface area contributed by atoms with Crippen LogP contribution in [0.5, 0.6) is 0 Å². The van der Waals surface area contributed by atoms with Gasteiger partial charge in [-0.1, -0.05) is 146 Å². The Morgan fingerprint density at radius 3 is 1.27 bits per heavy atom. The van der Waals surface area contributed by atoms with E-state index in [4.69, 9.17) is 0 Å². The molecule has 0 radical (unpaired) electrons. The monoisotopic (exact) mass is 559 g/mol. The fraction of sp³-hybridized carbons (Fsp3) is 0.0233. The second-order valence-electron chi connectivity index (χ2n) is 11.8. The summed E-state index contributed by atoms with van der Waals surface area (Å²) in [5, 5.41) is 3.71. The van der Waals surface area contributed by atoms with E-state index < -0.39 is 0 Å². The molecule has 0 aromatic heterocycles. The van der Waals surface area contributed by atoms with Gasteiger partial charge in [0.25, 0.3) is 0 Å². The van der Waals surface area contributed by atoms with Crippen LogP contribution in [-0.2, 0) is 5.41 Å². The standard InChI is InChI=1S/C43H29N/c1-2-12-29(13-3-1)33-14-4-5-15-34(33)30-22-24-31(25-23-30)44-32-26-27-42-38(28-32)37-18-8-11-21-41(37)43(42)39-19-9-6-16-35(39)36-17-7-10-20-40(36)43/h1-28,44H. The molecular formula is C43H29N. The summed E-state index contributed by atoms with van der Waals surface area (Å²) in [6.07, 6.45) is 0. The maximum atomic E-state index is 3.71. The van der Waals surface area contributed by atoms with Gasteiger partial charge in [-0.15, -0.1) is 0 Å². The maximum Gasteiger partial charge on any atom is 0.0725 e. The average Bonchev–Trinajstić information content (AvgIpc) is 3.56. The lowest BCUT2D eigenvalue weighted by molar-refractivity contribution is 0.794. The molecule has 0 fully saturated rings. The van der Waals surface area contributed by atoms with Crippen molar-refractivity contribution >= 4 is 11.4 Å². The van der Waals surface area contributed by atoms with Crippen molar-refractivity contribution in [3.63, 3.8) is 0 Å². The van der Waals surface area contributed by atoms with Crippen LogP contribution in [0.3, 0.4) is 0 Å². The molecule has 44 heavy (non-hydrogen) atoms. The topological polar surface area (TPSA) is 12.0 Å². The highest BCUT2D eigenvalue weighted by Crippen LogP contribution is 2.62. The normalized spacial score (nSPS) is 13.2. The van der Waals surface area contributed by atoms with Crippen LogP contribution in [0.2, 0.25) is 0 Å². The minimum atomic E-state index is -0.300. The lowest BCUT2D eigenvalue weighted by Crippen LogP contribution is -2.25. The molecule has 2 aliphatic carbocycles. The van der Waals surface area contributed by atoms with Crippen LogP contribution < -0.4 is 5.32 Å². The van der Waals surface area contributed by atoms with Gasteiger partial charge in [-0.05, 0) is 91.0 Å². The van der Waals surface area contributed by atoms with E-state index in [-0.39, 0.29) is 5.41 Å². The van der Waals surface area contributed by atoms with Gasteiger partial charge in [0.1, 0.15) is 0 Å². The number of hydrogen-bond acceptors (Lipinski definition) is 1. The van der Waals surface area contributed by atoms with Crippen molar-refractivity contribution in [3.05, 3.63) is 192 Å². The van der Waals surface area contributed by atoms with Crippen LogP contribution in [0.15, 0.2) is 170 Å². The van der Waals surface area contributed by atoms with Gasteiger partial charge >= 0.3 is 0 Å². The first kappa shape index (κ1) is 24.9. The van der Waals surface area contributed by atoms with Crippen molar-refractivity contribution in [2.45, 2.75) is 5.41 Å². The Labute approximate surface area is 258 Å². The lowest BCUT2D eigenvalue weighted by atomic mass is 9.70. The molecule has 0 atom stereocenters. The van der Waals surface area contributed by atoms with Crippen LogP contribution in [0.25, 0.3) is 44.5 Å². The van der Waals surface area contributed by atoms with Crippen LogP contribution in [0.1, 0.15) is 22.3 Å². The molecule has 9 rings (SSSR count). The molecular weight excluding hydrogens is 530 g/mol. The Balaban J connectivity index is 1.11. The number of fused-ring (bicyclic) bond motifs is 10. The Morgan fingerprint density at radius 2 is 0.705 bits per heavy atom. The van der Waals surface area contributed by atoms with E-state index >= 15 is 0 Å². The van der Waals surface area contributed by atoms with E-state index in [0.29, 0.717) is 0 Å². The van der Waals surface area contributed by atoms with E-state index in [2.05, 4.69) is 175 Å². The van der Waals surface area contributed by atoms with E-state index in [9.17, 15) is 0 Å². The van der Waals surface area contributed by atoms with Crippen molar-refractivity contribution in [1.29, 1.82) is 0 Å². The second kappa shape index (κ2) is 9.69. The Hall–Kier alpha value is -5.66. The fourth-order valence-electron chi connectivity index (χ4n) is 7.68. The summed E-state index contributed by atoms with van der Waals surface area (Å²) in [4.78, 5) is 0. The molecule has 1 N–H and O–H groups in total. The van der Waals surface area contributed by atoms with Crippen molar-refractivity contribution < 1.29 is 0 Å². The molecule has 0 saturated carbocycles. The van der Waals surface area contributed by atoms with E-state index in [0.717, 1.165) is 11.4 Å². The number of rotatable bonds is 4. The predicted octanol–water partition coefficient (Wildman–Crippen LogP) is 11.1. The van der Waals surface area contributed by atoms with Crippen molar-refractivity contribution in [1.82, 2.24) is 0 Å². The van der Waals surface area contributed by atoms with Gasteiger partial charge in [-0.3, -0.25) is 0 Å². The smallest absolute Gasteiger partial charge is 0.0725 e. The largest absolute Gasteiger partial charge is 0.356 e. The third-order valence-corrected chi connectivity index (χ3v) is 9.49. The highest BCUT2D eigenvalue weighted by Gasteiger charge is 2.51. The number of nitrogens with one attached hydrogen (secondary N) is 1. The van der Waals surface area contributed by atoms with Crippen LogP contribution in [0, 0.1) is 0 Å². The SMILES string of the molecule is c1ccc(-c2ccccc2-c2ccc(Nc3ccc4c(c3)-c3ccccc3C43c4ccccc4-c4ccccc43)cc2)cc1. The first-order valence-electron chi connectivity index (χ1n) is 15.3. The van der Waals surface area contributed by atoms with Crippen LogP contribution in [-0.4, -0.2) is 0 Å². The van der Waals surface area contributed by atoms with E-state index in [1.165, 1.54) is 66.8 Å². The van der Waals surface area contributed by atoms with Crippen molar-refractivity contribution in [2.24, 2.45) is 0 Å². The molecule has 7 aromatic carbocycles. The van der Waals surface area contributed by atoms with Gasteiger partial charge in [0.05, 0.1) is 5.41 Å². The third-order valence-electron chi connectivity index (χ3n) is 9.49. The molecule has 2 aliphatic rings. The summed E-state index contributed by atoms with van der Waals surface area (Å²) < 4.78 is 0. The molecule has 0 saturated heterocycles. The summed E-state index contributed by atoms with van der Waals surface area (Å²) in [6, 6.07) is 61.8. The summed E-state index contributed by atoms with van der Waals surface area (Å²) >= 11 is 0. The number of hydrogen-bond donors (Lipinski definition) is 1. The van der Waals surface area contributed by atoms with Crippen LogP contribution in [0.4, 0.5) is 11.4 Å². The Kier molecular flexibility index (Phi) is 5.48. The molecule has 0 aliphatic heterocycles. The zero-order valence-corrected chi connectivity index (χ0v) is 24.2. The molecule has 206 valence electrons. The fourth-order valence-corrected chi connectivity index (χ4v) is 7.68. The summed E-state index contributed by atoms with van der Waals surface area (Å²) in [6.45, 7) is 0. The van der Waals surface area contributed by atoms with E-state index in [1.807, 2.05) is 0 Å². The first-order valence-corrected chi connectivity index (χ1v) is 15.3. The van der Waals surface area contributed by atoms with Crippen LogP contribution >= 0.6 is 0 Å². The van der Waals surface area contributed by atoms with Gasteiger partial charge in [0.2, 0.25) is 0 Å². The average molecular weight is 560 g/mol. The molecule has 1 heteroatoms. The van der Waals surface area contributed by atoms with E-state index in [1.54, 1.807) is 0 Å². The minimum absolute atomic E-state index is 0.300. The summed E-state index contributed by atoms with van der Waals surface area (Å²) in [5.74, 6) is 0. The van der Waals surface area contributed by atoms with Gasteiger partial charge in [0, 0.05) is 11.4 Å². The zero-order valence-electron chi connectivity index (χ0n) is 24.2. The third kappa shape index (κ3) is 3.53. The predicted molar refractivity (Wildman–Crippen MR) is 183 cm³/mol. The quantitative estimate of drug-likeness (QED) is 0.226. The van der Waals surface area contributed by atoms with Gasteiger partial charge in [-0.2, -0.15) is 0 Å². The Morgan fingerprint density at radius 1 is 0.295 bits per heavy atom. The molecule has 1 spiro atoms. The van der Waals surface area contributed by atoms with Crippen molar-refractivity contribution in [2.75, 3.05) is 5.32 Å². The zero-order chi connectivity index (χ0) is 29.1. The van der Waals surface area contributed by atoms with Crippen molar-refractivity contribution in [3.8, 4) is 44.5 Å². The summed E-state index contributed by atoms with van der Waals surface area (Å²) in [5.41, 5.74) is 17.5. The van der Waals surface area contributed by atoms with Gasteiger partial charge in [0.15, 0.2) is 0 Å². The molecule has 0 amide bonds. The molecule has 1 nitrogen and oxygen atoms in total. The molecule has 0 unspecified atom stereocenters. The number of benzene rings is 7. The highest BCUT2D eigenvalue weighted by atomic mass is 14.9. The molecule has 0 heterocycles. The Bertz CT molecular complexity index is 2140. The molecule has 0 bridgehead atoms. The van der Waals surface area contributed by atoms with Gasteiger partial charge in [-0.25, -0.2) is 0 Å². The first-order chi connectivity index (χ1) is 21.8. The van der Waals surface area contributed by atoms with Gasteiger partial charge < -0.3 is 5.32 Å². The molecule has 7 aromatic rings. The second-order valence-corrected chi connectivity index (χ2v) is 11.8. The lowest BCUT2D eigenvalue weighted by Gasteiger charge is -2.30. The summed E-state index contributed by atoms with van der Waals surface area (Å²) in [7, 11) is 0. The number of anilines is 2.